The normalized spacial score (nSPS) is 20.7. The zero-order chi connectivity index (χ0) is 25.8. The highest BCUT2D eigenvalue weighted by Gasteiger charge is 2.48. The Labute approximate surface area is 196 Å². The van der Waals surface area contributed by atoms with E-state index in [0.717, 1.165) is 0 Å². The summed E-state index contributed by atoms with van der Waals surface area (Å²) in [6.45, 7) is 6.28. The Morgan fingerprint density at radius 2 is 1.76 bits per heavy atom. The quantitative estimate of drug-likeness (QED) is 0.595. The lowest BCUT2D eigenvalue weighted by molar-refractivity contribution is -0.137. The molecule has 3 atom stereocenters. The Hall–Kier alpha value is -2.67. The molecule has 1 aliphatic heterocycles. The molecule has 13 heteroatoms. The largest absolute Gasteiger partial charge is 0.417 e. The lowest BCUT2D eigenvalue weighted by atomic mass is 9.87. The van der Waals surface area contributed by atoms with Crippen LogP contribution in [0.1, 0.15) is 43.6 Å². The lowest BCUT2D eigenvalue weighted by Crippen LogP contribution is -2.52. The highest BCUT2D eigenvalue weighted by molar-refractivity contribution is 7.82. The number of pyridine rings is 2. The number of alkyl halides is 5. The van der Waals surface area contributed by atoms with Gasteiger partial charge in [0, 0.05) is 43.0 Å². The van der Waals surface area contributed by atoms with Gasteiger partial charge in [-0.1, -0.05) is 27.7 Å². The third-order valence-corrected chi connectivity index (χ3v) is 5.88. The van der Waals surface area contributed by atoms with Gasteiger partial charge in [0.2, 0.25) is 0 Å². The molecular formula is C21H26F5N5O2S. The zero-order valence-corrected chi connectivity index (χ0v) is 19.8. The van der Waals surface area contributed by atoms with Crippen LogP contribution in [-0.2, 0) is 17.2 Å². The molecule has 3 heterocycles. The standard InChI is InChI=1S/C19H20F5N5O2S.C2H6/c1-10-8-29(9-11(2)18(10,20)21)16-14(5-12(7-27-16)19(22,23)24)17(30)28-13-3-4-26-15(6-13)32(25)31;1-2/h3-7,10-11H,8-9,25H2,1-2H3,(H,26,28,30);1-2H3. The van der Waals surface area contributed by atoms with Gasteiger partial charge in [-0.15, -0.1) is 0 Å². The summed E-state index contributed by atoms with van der Waals surface area (Å²) in [5.41, 5.74) is -1.50. The van der Waals surface area contributed by atoms with Gasteiger partial charge in [0.1, 0.15) is 21.8 Å². The van der Waals surface area contributed by atoms with Crippen LogP contribution in [0.4, 0.5) is 33.5 Å². The molecule has 3 N–H and O–H groups in total. The van der Waals surface area contributed by atoms with E-state index in [0.29, 0.717) is 12.3 Å². The third kappa shape index (κ3) is 6.06. The number of nitrogens with two attached hydrogens (primary N) is 1. The second-order valence-corrected chi connectivity index (χ2v) is 8.62. The number of carbonyl (C=O) groups is 1. The van der Waals surface area contributed by atoms with E-state index in [1.165, 1.54) is 37.1 Å². The van der Waals surface area contributed by atoms with Gasteiger partial charge in [0.05, 0.1) is 11.1 Å². The van der Waals surface area contributed by atoms with Gasteiger partial charge in [-0.2, -0.15) is 13.2 Å². The minimum Gasteiger partial charge on any atom is -0.355 e. The maximum Gasteiger partial charge on any atom is 0.417 e. The first-order chi connectivity index (χ1) is 15.8. The van der Waals surface area contributed by atoms with Crippen molar-refractivity contribution in [2.24, 2.45) is 17.0 Å². The van der Waals surface area contributed by atoms with Crippen molar-refractivity contribution in [2.75, 3.05) is 23.3 Å². The van der Waals surface area contributed by atoms with Crippen molar-refractivity contribution in [3.05, 3.63) is 41.7 Å². The van der Waals surface area contributed by atoms with Crippen LogP contribution in [0, 0.1) is 11.8 Å². The predicted octanol–water partition coefficient (Wildman–Crippen LogP) is 4.48. The Morgan fingerprint density at radius 1 is 1.18 bits per heavy atom. The van der Waals surface area contributed by atoms with Gasteiger partial charge in [0.15, 0.2) is 0 Å². The van der Waals surface area contributed by atoms with Crippen LogP contribution in [-0.4, -0.2) is 39.1 Å². The van der Waals surface area contributed by atoms with Gasteiger partial charge in [-0.3, -0.25) is 4.79 Å². The molecule has 1 aliphatic rings. The number of halogens is 5. The number of piperidine rings is 1. The molecule has 0 radical (unpaired) electrons. The number of carbonyl (C=O) groups excluding carboxylic acids is 1. The first-order valence-electron chi connectivity index (χ1n) is 10.4. The summed E-state index contributed by atoms with van der Waals surface area (Å²) in [6, 6.07) is 3.17. The zero-order valence-electron chi connectivity index (χ0n) is 19.0. The predicted molar refractivity (Wildman–Crippen MR) is 119 cm³/mol. The van der Waals surface area contributed by atoms with Crippen LogP contribution in [0.15, 0.2) is 35.6 Å². The van der Waals surface area contributed by atoms with E-state index < -0.39 is 52.0 Å². The number of nitrogens with zero attached hydrogens (tertiary/aromatic N) is 3. The molecule has 2 aromatic heterocycles. The summed E-state index contributed by atoms with van der Waals surface area (Å²) in [6.07, 6.45) is -2.98. The Balaban J connectivity index is 0.00000199. The Morgan fingerprint density at radius 3 is 2.29 bits per heavy atom. The van der Waals surface area contributed by atoms with Crippen molar-refractivity contribution < 1.29 is 31.0 Å². The number of nitrogens with one attached hydrogen (secondary N) is 1. The topological polar surface area (TPSA) is 101 Å². The van der Waals surface area contributed by atoms with Crippen LogP contribution in [0.5, 0.6) is 0 Å². The van der Waals surface area contributed by atoms with Crippen LogP contribution >= 0.6 is 0 Å². The molecule has 3 unspecified atom stereocenters. The first kappa shape index (κ1) is 27.6. The molecule has 0 bridgehead atoms. The van der Waals surface area contributed by atoms with Gasteiger partial charge < -0.3 is 10.2 Å². The second kappa shape index (κ2) is 10.7. The average Bonchev–Trinajstić information content (AvgIpc) is 2.78. The molecule has 188 valence electrons. The molecule has 34 heavy (non-hydrogen) atoms. The number of hydrogen-bond acceptors (Lipinski definition) is 5. The Bertz CT molecular complexity index is 1040. The van der Waals surface area contributed by atoms with E-state index in [2.05, 4.69) is 15.3 Å². The summed E-state index contributed by atoms with van der Waals surface area (Å²) >= 11 is 0. The highest BCUT2D eigenvalue weighted by atomic mass is 32.2. The molecule has 0 saturated carbocycles. The number of hydrogen-bond donors (Lipinski definition) is 2. The van der Waals surface area contributed by atoms with Crippen molar-refractivity contribution >= 4 is 28.4 Å². The highest BCUT2D eigenvalue weighted by Crippen LogP contribution is 2.40. The fraction of sp³-hybridized carbons (Fsp3) is 0.476. The molecule has 1 saturated heterocycles. The van der Waals surface area contributed by atoms with Crippen LogP contribution in [0.2, 0.25) is 0 Å². The van der Waals surface area contributed by atoms with Gasteiger partial charge in [0.25, 0.3) is 11.8 Å². The molecule has 1 amide bonds. The van der Waals surface area contributed by atoms with E-state index in [1.807, 2.05) is 13.8 Å². The van der Waals surface area contributed by atoms with Crippen LogP contribution < -0.4 is 15.4 Å². The maximum atomic E-state index is 14.2. The van der Waals surface area contributed by atoms with Crippen molar-refractivity contribution in [2.45, 2.75) is 44.8 Å². The van der Waals surface area contributed by atoms with E-state index >= 15 is 0 Å². The van der Waals surface area contributed by atoms with E-state index in [9.17, 15) is 31.0 Å². The van der Waals surface area contributed by atoms with Crippen LogP contribution in [0.25, 0.3) is 0 Å². The molecule has 2 aromatic rings. The Kier molecular flexibility index (Phi) is 8.70. The van der Waals surface area contributed by atoms with Gasteiger partial charge in [-0.05, 0) is 18.2 Å². The number of rotatable bonds is 4. The summed E-state index contributed by atoms with van der Waals surface area (Å²) in [4.78, 5) is 21.9. The average molecular weight is 508 g/mol. The minimum absolute atomic E-state index is 0.0499. The molecule has 0 aromatic carbocycles. The summed E-state index contributed by atoms with van der Waals surface area (Å²) < 4.78 is 79.6. The third-order valence-electron chi connectivity index (χ3n) is 5.24. The van der Waals surface area contributed by atoms with Crippen molar-refractivity contribution in [1.29, 1.82) is 0 Å². The summed E-state index contributed by atoms with van der Waals surface area (Å²) in [7, 11) is -1.94. The monoisotopic (exact) mass is 507 g/mol. The summed E-state index contributed by atoms with van der Waals surface area (Å²) in [5.74, 6) is -6.25. The second-order valence-electron chi connectivity index (χ2n) is 7.61. The fourth-order valence-electron chi connectivity index (χ4n) is 3.47. The molecule has 1 fully saturated rings. The molecule has 0 aliphatic carbocycles. The van der Waals surface area contributed by atoms with Crippen molar-refractivity contribution in [3.8, 4) is 0 Å². The summed E-state index contributed by atoms with van der Waals surface area (Å²) in [5, 5.41) is 7.61. The van der Waals surface area contributed by atoms with Crippen molar-refractivity contribution in [3.63, 3.8) is 0 Å². The number of anilines is 2. The van der Waals surface area contributed by atoms with Gasteiger partial charge >= 0.3 is 6.18 Å². The maximum absolute atomic E-state index is 14.2. The molecule has 3 rings (SSSR count). The molecule has 7 nitrogen and oxygen atoms in total. The van der Waals surface area contributed by atoms with Gasteiger partial charge in [-0.25, -0.2) is 28.1 Å². The molecule has 0 spiro atoms. The SMILES string of the molecule is CC.CC1CN(c2ncc(C(F)(F)F)cc2C(=O)Nc2ccnc(S(N)=O)c2)CC(C)C1(F)F. The van der Waals surface area contributed by atoms with E-state index in [-0.39, 0.29) is 29.6 Å². The van der Waals surface area contributed by atoms with Crippen molar-refractivity contribution in [1.82, 2.24) is 9.97 Å². The van der Waals surface area contributed by atoms with E-state index in [1.54, 1.807) is 0 Å². The number of amides is 1. The minimum atomic E-state index is -4.77. The smallest absolute Gasteiger partial charge is 0.355 e. The number of aromatic nitrogens is 2. The fourth-order valence-corrected chi connectivity index (χ4v) is 3.87. The van der Waals surface area contributed by atoms with E-state index in [4.69, 9.17) is 5.14 Å². The first-order valence-corrected chi connectivity index (χ1v) is 11.7. The lowest BCUT2D eigenvalue weighted by Gasteiger charge is -2.42. The molecular weight excluding hydrogens is 481 g/mol. The van der Waals surface area contributed by atoms with Crippen LogP contribution in [0.3, 0.4) is 0 Å².